The lowest BCUT2D eigenvalue weighted by atomic mass is 10.1. The second kappa shape index (κ2) is 4.62. The summed E-state index contributed by atoms with van der Waals surface area (Å²) in [6.45, 7) is 1.81. The lowest BCUT2D eigenvalue weighted by Gasteiger charge is -2.30. The zero-order chi connectivity index (χ0) is 13.4. The number of aromatic nitrogens is 2. The van der Waals surface area contributed by atoms with E-state index < -0.39 is 11.6 Å². The fourth-order valence-electron chi connectivity index (χ4n) is 2.36. The van der Waals surface area contributed by atoms with Crippen molar-refractivity contribution in [1.29, 1.82) is 0 Å². The van der Waals surface area contributed by atoms with Gasteiger partial charge in [0, 0.05) is 37.6 Å². The van der Waals surface area contributed by atoms with Gasteiger partial charge in [-0.15, -0.1) is 0 Å². The largest absolute Gasteiger partial charge is 0.360 e. The summed E-state index contributed by atoms with van der Waals surface area (Å²) in [6, 6.07) is 3.12. The van der Waals surface area contributed by atoms with Crippen molar-refractivity contribution >= 4 is 5.69 Å². The molecule has 0 bridgehead atoms. The molecule has 0 spiro atoms. The zero-order valence-corrected chi connectivity index (χ0v) is 10.3. The van der Waals surface area contributed by atoms with Crippen molar-refractivity contribution in [3.63, 3.8) is 0 Å². The Kier molecular flexibility index (Phi) is 2.94. The summed E-state index contributed by atoms with van der Waals surface area (Å²) in [7, 11) is 0. The summed E-state index contributed by atoms with van der Waals surface area (Å²) in [5.74, 6) is -0.828. The number of benzene rings is 1. The number of hydrogen-bond acceptors (Lipinski definition) is 3. The first-order valence-electron chi connectivity index (χ1n) is 6.12. The van der Waals surface area contributed by atoms with Gasteiger partial charge < -0.3 is 15.2 Å². The molecule has 0 fully saturated rings. The molecule has 2 N–H and O–H groups in total. The molecule has 0 atom stereocenters. The molecule has 3 rings (SSSR count). The number of anilines is 1. The van der Waals surface area contributed by atoms with Gasteiger partial charge >= 0.3 is 0 Å². The minimum absolute atomic E-state index is 0.00651. The predicted molar refractivity (Wildman–Crippen MR) is 67.5 cm³/mol. The van der Waals surface area contributed by atoms with Crippen molar-refractivity contribution in [3.05, 3.63) is 47.5 Å². The summed E-state index contributed by atoms with van der Waals surface area (Å²) in [5, 5.41) is 0. The molecule has 0 aliphatic carbocycles. The van der Waals surface area contributed by atoms with Crippen LogP contribution in [0.15, 0.2) is 24.5 Å². The molecule has 6 heteroatoms. The van der Waals surface area contributed by atoms with E-state index in [1.54, 1.807) is 17.2 Å². The van der Waals surface area contributed by atoms with Crippen molar-refractivity contribution in [2.24, 2.45) is 5.73 Å². The van der Waals surface area contributed by atoms with Crippen molar-refractivity contribution < 1.29 is 8.78 Å². The van der Waals surface area contributed by atoms with Gasteiger partial charge in [0.05, 0.1) is 12.2 Å². The van der Waals surface area contributed by atoms with Gasteiger partial charge in [0.15, 0.2) is 11.6 Å². The molecule has 19 heavy (non-hydrogen) atoms. The van der Waals surface area contributed by atoms with Crippen LogP contribution in [0.4, 0.5) is 14.5 Å². The molecule has 0 saturated heterocycles. The van der Waals surface area contributed by atoms with E-state index in [0.717, 1.165) is 12.4 Å². The van der Waals surface area contributed by atoms with Crippen LogP contribution in [-0.2, 0) is 19.6 Å². The van der Waals surface area contributed by atoms with E-state index in [1.807, 2.05) is 10.8 Å². The highest BCUT2D eigenvalue weighted by Crippen LogP contribution is 2.26. The maximum Gasteiger partial charge on any atom is 0.182 e. The van der Waals surface area contributed by atoms with E-state index in [9.17, 15) is 8.78 Å². The van der Waals surface area contributed by atoms with Crippen LogP contribution in [0.25, 0.3) is 0 Å². The van der Waals surface area contributed by atoms with E-state index in [2.05, 4.69) is 4.98 Å². The molecule has 2 heterocycles. The topological polar surface area (TPSA) is 47.1 Å². The fraction of sp³-hybridized carbons (Fsp3) is 0.308. The van der Waals surface area contributed by atoms with Crippen LogP contribution in [0, 0.1) is 11.6 Å². The maximum absolute atomic E-state index is 14.0. The Bertz CT molecular complexity index is 609. The monoisotopic (exact) mass is 264 g/mol. The van der Waals surface area contributed by atoms with E-state index in [-0.39, 0.29) is 17.8 Å². The molecule has 100 valence electrons. The van der Waals surface area contributed by atoms with Crippen molar-refractivity contribution in [3.8, 4) is 0 Å². The number of fused-ring (bicyclic) bond motifs is 1. The molecule has 1 aromatic heterocycles. The number of nitrogens with two attached hydrogens (primary N) is 1. The smallest absolute Gasteiger partial charge is 0.182 e. The highest BCUT2D eigenvalue weighted by molar-refractivity contribution is 5.50. The van der Waals surface area contributed by atoms with Gasteiger partial charge in [-0.2, -0.15) is 0 Å². The van der Waals surface area contributed by atoms with Gasteiger partial charge in [-0.25, -0.2) is 13.8 Å². The lowest BCUT2D eigenvalue weighted by molar-refractivity contribution is 0.487. The Labute approximate surface area is 109 Å². The van der Waals surface area contributed by atoms with Crippen LogP contribution in [-0.4, -0.2) is 16.1 Å². The summed E-state index contributed by atoms with van der Waals surface area (Å²) >= 11 is 0. The number of halogens is 2. The Hall–Kier alpha value is -1.95. The van der Waals surface area contributed by atoms with E-state index >= 15 is 0 Å². The molecule has 1 aliphatic rings. The van der Waals surface area contributed by atoms with Gasteiger partial charge in [-0.05, 0) is 6.07 Å². The Balaban J connectivity index is 1.94. The minimum atomic E-state index is -0.853. The van der Waals surface area contributed by atoms with Crippen LogP contribution in [0.3, 0.4) is 0 Å². The lowest BCUT2D eigenvalue weighted by Crippen LogP contribution is -2.34. The molecule has 2 aromatic rings. The SMILES string of the molecule is NCc1ccc(N2CCn3ccnc3C2)c(F)c1F. The zero-order valence-electron chi connectivity index (χ0n) is 10.3. The third kappa shape index (κ3) is 1.98. The molecular formula is C13H14F2N4. The number of imidazole rings is 1. The third-order valence-electron chi connectivity index (χ3n) is 3.45. The first-order chi connectivity index (χ1) is 9.20. The van der Waals surface area contributed by atoms with Gasteiger partial charge in [-0.3, -0.25) is 0 Å². The minimum Gasteiger partial charge on any atom is -0.360 e. The molecule has 0 amide bonds. The first kappa shape index (κ1) is 12.1. The highest BCUT2D eigenvalue weighted by atomic mass is 19.2. The molecule has 0 unspecified atom stereocenters. The average Bonchev–Trinajstić information content (AvgIpc) is 2.89. The molecule has 0 radical (unpaired) electrons. The molecular weight excluding hydrogens is 250 g/mol. The van der Waals surface area contributed by atoms with Gasteiger partial charge in [0.1, 0.15) is 5.82 Å². The summed E-state index contributed by atoms with van der Waals surface area (Å²) in [4.78, 5) is 6.00. The summed E-state index contributed by atoms with van der Waals surface area (Å²) in [5.41, 5.74) is 5.83. The van der Waals surface area contributed by atoms with Crippen LogP contribution in [0.1, 0.15) is 11.4 Å². The van der Waals surface area contributed by atoms with Crippen molar-refractivity contribution in [2.45, 2.75) is 19.6 Å². The quantitative estimate of drug-likeness (QED) is 0.897. The van der Waals surface area contributed by atoms with Crippen molar-refractivity contribution in [1.82, 2.24) is 9.55 Å². The number of hydrogen-bond donors (Lipinski definition) is 1. The van der Waals surface area contributed by atoms with E-state index in [1.165, 1.54) is 6.07 Å². The maximum atomic E-state index is 14.0. The highest BCUT2D eigenvalue weighted by Gasteiger charge is 2.22. The third-order valence-corrected chi connectivity index (χ3v) is 3.45. The predicted octanol–water partition coefficient (Wildman–Crippen LogP) is 1.64. The second-order valence-corrected chi connectivity index (χ2v) is 4.53. The van der Waals surface area contributed by atoms with Crippen LogP contribution in [0.5, 0.6) is 0 Å². The van der Waals surface area contributed by atoms with Gasteiger partial charge in [-0.1, -0.05) is 6.07 Å². The molecule has 1 aromatic carbocycles. The molecule has 0 saturated carbocycles. The van der Waals surface area contributed by atoms with Gasteiger partial charge in [0.2, 0.25) is 0 Å². The Morgan fingerprint density at radius 1 is 1.21 bits per heavy atom. The summed E-state index contributed by atoms with van der Waals surface area (Å²) < 4.78 is 29.8. The number of rotatable bonds is 2. The first-order valence-corrected chi connectivity index (χ1v) is 6.12. The fourth-order valence-corrected chi connectivity index (χ4v) is 2.36. The summed E-state index contributed by atoms with van der Waals surface area (Å²) in [6.07, 6.45) is 3.61. The van der Waals surface area contributed by atoms with Crippen LogP contribution in [0.2, 0.25) is 0 Å². The molecule has 1 aliphatic heterocycles. The number of nitrogens with zero attached hydrogens (tertiary/aromatic N) is 3. The van der Waals surface area contributed by atoms with E-state index in [4.69, 9.17) is 5.73 Å². The average molecular weight is 264 g/mol. The second-order valence-electron chi connectivity index (χ2n) is 4.53. The standard InChI is InChI=1S/C13H14F2N4/c14-12-9(7-16)1-2-10(13(12)15)19-6-5-18-4-3-17-11(18)8-19/h1-4H,5-8,16H2. The Morgan fingerprint density at radius 2 is 2.05 bits per heavy atom. The Morgan fingerprint density at radius 3 is 2.84 bits per heavy atom. The van der Waals surface area contributed by atoms with Gasteiger partial charge in [0.25, 0.3) is 0 Å². The normalized spacial score (nSPS) is 14.6. The van der Waals surface area contributed by atoms with Crippen LogP contribution < -0.4 is 10.6 Å². The van der Waals surface area contributed by atoms with E-state index in [0.29, 0.717) is 13.1 Å². The van der Waals surface area contributed by atoms with Crippen LogP contribution >= 0.6 is 0 Å². The van der Waals surface area contributed by atoms with Crippen molar-refractivity contribution in [2.75, 3.05) is 11.4 Å². The molecule has 4 nitrogen and oxygen atoms in total.